The Labute approximate surface area is 138 Å². The van der Waals surface area contributed by atoms with Crippen molar-refractivity contribution in [1.82, 2.24) is 4.31 Å². The molecule has 1 aromatic carbocycles. The number of methoxy groups -OCH3 is 1. The number of hydrogen-bond donors (Lipinski definition) is 0. The van der Waals surface area contributed by atoms with Crippen molar-refractivity contribution in [3.63, 3.8) is 0 Å². The minimum Gasteiger partial charge on any atom is -0.469 e. The van der Waals surface area contributed by atoms with Gasteiger partial charge in [0.1, 0.15) is 5.02 Å². The summed E-state index contributed by atoms with van der Waals surface area (Å²) in [4.78, 5) is 21.4. The number of halogens is 1. The fourth-order valence-electron chi connectivity index (χ4n) is 2.44. The maximum absolute atomic E-state index is 12.6. The van der Waals surface area contributed by atoms with Crippen LogP contribution in [-0.2, 0) is 19.6 Å². The first-order valence-electron chi connectivity index (χ1n) is 6.79. The molecule has 1 heterocycles. The third-order valence-corrected chi connectivity index (χ3v) is 5.95. The molecule has 2 rings (SSSR count). The van der Waals surface area contributed by atoms with Gasteiger partial charge in [0.05, 0.1) is 22.8 Å². The van der Waals surface area contributed by atoms with Crippen molar-refractivity contribution in [3.8, 4) is 0 Å². The predicted molar refractivity (Wildman–Crippen MR) is 81.6 cm³/mol. The molecule has 23 heavy (non-hydrogen) atoms. The molecule has 1 saturated heterocycles. The number of benzene rings is 1. The van der Waals surface area contributed by atoms with Crippen molar-refractivity contribution in [3.05, 3.63) is 33.3 Å². The summed E-state index contributed by atoms with van der Waals surface area (Å²) in [6.45, 7) is 0.303. The Kier molecular flexibility index (Phi) is 5.23. The lowest BCUT2D eigenvalue weighted by Gasteiger charge is -2.29. The summed E-state index contributed by atoms with van der Waals surface area (Å²) in [6, 6.07) is 3.37. The molecular weight excluding hydrogens is 348 g/mol. The number of esters is 1. The zero-order valence-electron chi connectivity index (χ0n) is 12.3. The van der Waals surface area contributed by atoms with E-state index in [-0.39, 0.29) is 34.9 Å². The van der Waals surface area contributed by atoms with E-state index in [1.165, 1.54) is 23.5 Å². The molecular formula is C13H15ClN2O6S. The highest BCUT2D eigenvalue weighted by molar-refractivity contribution is 7.89. The van der Waals surface area contributed by atoms with E-state index in [4.69, 9.17) is 11.6 Å². The number of nitro groups is 1. The molecule has 8 nitrogen and oxygen atoms in total. The SMILES string of the molecule is COC(=O)C1CCN(S(=O)(=O)c2ccc(Cl)c([N+](=O)[O-])c2)CC1. The van der Waals surface area contributed by atoms with Gasteiger partial charge in [-0.05, 0) is 25.0 Å². The molecule has 1 fully saturated rings. The third-order valence-electron chi connectivity index (χ3n) is 3.74. The Morgan fingerprint density at radius 1 is 1.39 bits per heavy atom. The molecule has 1 aliphatic rings. The highest BCUT2D eigenvalue weighted by Gasteiger charge is 2.33. The quantitative estimate of drug-likeness (QED) is 0.459. The van der Waals surface area contributed by atoms with Crippen LogP contribution in [0, 0.1) is 16.0 Å². The lowest BCUT2D eigenvalue weighted by atomic mass is 9.99. The second-order valence-corrected chi connectivity index (χ2v) is 7.42. The smallest absolute Gasteiger partial charge is 0.308 e. The Morgan fingerprint density at radius 3 is 2.52 bits per heavy atom. The van der Waals surface area contributed by atoms with Gasteiger partial charge in [0.2, 0.25) is 10.0 Å². The first kappa shape index (κ1) is 17.6. The minimum absolute atomic E-state index is 0.127. The average Bonchev–Trinajstić information content (AvgIpc) is 2.54. The van der Waals surface area contributed by atoms with E-state index >= 15 is 0 Å². The normalized spacial score (nSPS) is 17.0. The van der Waals surface area contributed by atoms with E-state index in [0.717, 1.165) is 6.07 Å². The summed E-state index contributed by atoms with van der Waals surface area (Å²) in [5.74, 6) is -0.685. The number of hydrogen-bond acceptors (Lipinski definition) is 6. The predicted octanol–water partition coefficient (Wildman–Crippen LogP) is 1.82. The first-order valence-corrected chi connectivity index (χ1v) is 8.61. The summed E-state index contributed by atoms with van der Waals surface area (Å²) in [6.07, 6.45) is 0.698. The first-order chi connectivity index (χ1) is 10.8. The minimum atomic E-state index is -3.87. The van der Waals surface area contributed by atoms with Gasteiger partial charge in [0.15, 0.2) is 0 Å². The number of carbonyl (C=O) groups excluding carboxylic acids is 1. The second-order valence-electron chi connectivity index (χ2n) is 5.07. The van der Waals surface area contributed by atoms with Gasteiger partial charge in [-0.15, -0.1) is 0 Å². The van der Waals surface area contributed by atoms with Gasteiger partial charge in [-0.25, -0.2) is 8.42 Å². The van der Waals surface area contributed by atoms with Gasteiger partial charge in [0, 0.05) is 19.2 Å². The van der Waals surface area contributed by atoms with E-state index in [0.29, 0.717) is 12.8 Å². The van der Waals surface area contributed by atoms with Crippen LogP contribution in [0.25, 0.3) is 0 Å². The Bertz CT molecular complexity index is 728. The van der Waals surface area contributed by atoms with E-state index in [1.807, 2.05) is 0 Å². The molecule has 1 aliphatic heterocycles. The van der Waals surface area contributed by atoms with Gasteiger partial charge < -0.3 is 4.74 Å². The van der Waals surface area contributed by atoms with Crippen LogP contribution in [-0.4, -0.2) is 43.8 Å². The molecule has 0 atom stereocenters. The van der Waals surface area contributed by atoms with Crippen LogP contribution >= 0.6 is 11.6 Å². The molecule has 0 N–H and O–H groups in total. The lowest BCUT2D eigenvalue weighted by molar-refractivity contribution is -0.384. The monoisotopic (exact) mass is 362 g/mol. The van der Waals surface area contributed by atoms with E-state index in [1.54, 1.807) is 0 Å². The van der Waals surface area contributed by atoms with Crippen LogP contribution in [0.15, 0.2) is 23.1 Å². The molecule has 0 aromatic heterocycles. The van der Waals surface area contributed by atoms with E-state index in [9.17, 15) is 23.3 Å². The van der Waals surface area contributed by atoms with Crippen molar-refractivity contribution in [2.75, 3.05) is 20.2 Å². The third kappa shape index (κ3) is 3.62. The fraction of sp³-hybridized carbons (Fsp3) is 0.462. The Hall–Kier alpha value is -1.71. The summed E-state index contributed by atoms with van der Waals surface area (Å²) >= 11 is 5.70. The number of ether oxygens (including phenoxy) is 1. The zero-order valence-corrected chi connectivity index (χ0v) is 13.8. The highest BCUT2D eigenvalue weighted by atomic mass is 35.5. The molecule has 0 radical (unpaired) electrons. The van der Waals surface area contributed by atoms with Crippen LogP contribution in [0.3, 0.4) is 0 Å². The van der Waals surface area contributed by atoms with Crippen molar-refractivity contribution in [1.29, 1.82) is 0 Å². The van der Waals surface area contributed by atoms with E-state index in [2.05, 4.69) is 4.74 Å². The maximum atomic E-state index is 12.6. The van der Waals surface area contributed by atoms with Gasteiger partial charge >= 0.3 is 5.97 Å². The molecule has 1 aromatic rings. The molecule has 0 spiro atoms. The highest BCUT2D eigenvalue weighted by Crippen LogP contribution is 2.30. The van der Waals surface area contributed by atoms with Gasteiger partial charge in [-0.1, -0.05) is 11.6 Å². The number of sulfonamides is 1. The molecule has 0 unspecified atom stereocenters. The Morgan fingerprint density at radius 2 is 2.00 bits per heavy atom. The summed E-state index contributed by atoms with van der Waals surface area (Å²) in [7, 11) is -2.58. The fourth-order valence-corrected chi connectivity index (χ4v) is 4.12. The standard InChI is InChI=1S/C13H15ClN2O6S/c1-22-13(17)9-4-6-15(7-5-9)23(20,21)10-2-3-11(14)12(8-10)16(18)19/h2-3,8-9H,4-7H2,1H3. The number of carbonyl (C=O) groups is 1. The van der Waals surface area contributed by atoms with Crippen molar-refractivity contribution in [2.45, 2.75) is 17.7 Å². The maximum Gasteiger partial charge on any atom is 0.308 e. The van der Waals surface area contributed by atoms with E-state index < -0.39 is 20.6 Å². The van der Waals surface area contributed by atoms with Crippen LogP contribution < -0.4 is 0 Å². The van der Waals surface area contributed by atoms with Crippen molar-refractivity contribution < 1.29 is 22.9 Å². The lowest BCUT2D eigenvalue weighted by Crippen LogP contribution is -2.40. The Balaban J connectivity index is 2.22. The molecule has 126 valence electrons. The number of piperidine rings is 1. The van der Waals surface area contributed by atoms with Gasteiger partial charge in [-0.3, -0.25) is 14.9 Å². The average molecular weight is 363 g/mol. The number of rotatable bonds is 4. The summed E-state index contributed by atoms with van der Waals surface area (Å²) in [5, 5.41) is 10.8. The molecule has 0 saturated carbocycles. The van der Waals surface area contributed by atoms with Gasteiger partial charge in [0.25, 0.3) is 5.69 Å². The topological polar surface area (TPSA) is 107 Å². The largest absolute Gasteiger partial charge is 0.469 e. The van der Waals surface area contributed by atoms with Crippen molar-refractivity contribution in [2.24, 2.45) is 5.92 Å². The zero-order chi connectivity index (χ0) is 17.2. The summed E-state index contributed by atoms with van der Waals surface area (Å²) < 4.78 is 31.0. The molecule has 0 aliphatic carbocycles. The van der Waals surface area contributed by atoms with Gasteiger partial charge in [-0.2, -0.15) is 4.31 Å². The molecule has 10 heteroatoms. The molecule has 0 amide bonds. The number of nitrogens with zero attached hydrogens (tertiary/aromatic N) is 2. The second kappa shape index (κ2) is 6.81. The number of nitro benzene ring substituents is 1. The molecule has 0 bridgehead atoms. The van der Waals surface area contributed by atoms with Crippen molar-refractivity contribution >= 4 is 33.3 Å². The van der Waals surface area contributed by atoms with Crippen LogP contribution in [0.4, 0.5) is 5.69 Å². The van der Waals surface area contributed by atoms with Crippen LogP contribution in [0.1, 0.15) is 12.8 Å². The van der Waals surface area contributed by atoms with Crippen LogP contribution in [0.2, 0.25) is 5.02 Å². The van der Waals surface area contributed by atoms with Crippen LogP contribution in [0.5, 0.6) is 0 Å². The summed E-state index contributed by atoms with van der Waals surface area (Å²) in [5.41, 5.74) is -0.461.